The molecule has 1 atom stereocenters. The highest BCUT2D eigenvalue weighted by Crippen LogP contribution is 2.26. The van der Waals surface area contributed by atoms with Gasteiger partial charge >= 0.3 is 0 Å². The molecule has 2 amide bonds. The van der Waals surface area contributed by atoms with Gasteiger partial charge < -0.3 is 10.2 Å². The Morgan fingerprint density at radius 2 is 1.71 bits per heavy atom. The fraction of sp³-hybridized carbons (Fsp3) is 0.517. The van der Waals surface area contributed by atoms with Crippen LogP contribution in [0.5, 0.6) is 0 Å². The van der Waals surface area contributed by atoms with Crippen LogP contribution >= 0.6 is 15.9 Å². The number of nitrogens with one attached hydrogen (secondary N) is 1. The third kappa shape index (κ3) is 8.30. The second-order valence-corrected chi connectivity index (χ2v) is 13.1. The highest BCUT2D eigenvalue weighted by molar-refractivity contribution is 9.10. The maximum atomic E-state index is 13.5. The summed E-state index contributed by atoms with van der Waals surface area (Å²) in [7, 11) is -3.53. The predicted molar refractivity (Wildman–Crippen MR) is 157 cm³/mol. The molecule has 2 aromatic carbocycles. The summed E-state index contributed by atoms with van der Waals surface area (Å²) >= 11 is 3.44. The molecule has 0 heterocycles. The molecule has 1 N–H and O–H groups in total. The number of sulfonamides is 1. The van der Waals surface area contributed by atoms with Crippen molar-refractivity contribution in [2.45, 2.75) is 84.3 Å². The Bertz CT molecular complexity index is 1210. The average molecular weight is 607 g/mol. The summed E-state index contributed by atoms with van der Waals surface area (Å²) in [5.41, 5.74) is 3.46. The molecule has 9 heteroatoms. The highest BCUT2D eigenvalue weighted by Gasteiger charge is 2.28. The van der Waals surface area contributed by atoms with Crippen LogP contribution < -0.4 is 9.62 Å². The fourth-order valence-corrected chi connectivity index (χ4v) is 6.21. The van der Waals surface area contributed by atoms with Crippen molar-refractivity contribution < 1.29 is 18.0 Å². The van der Waals surface area contributed by atoms with Gasteiger partial charge in [0.15, 0.2) is 0 Å². The minimum atomic E-state index is -3.53. The van der Waals surface area contributed by atoms with Crippen LogP contribution in [-0.4, -0.2) is 50.0 Å². The van der Waals surface area contributed by atoms with E-state index in [-0.39, 0.29) is 30.8 Å². The van der Waals surface area contributed by atoms with Gasteiger partial charge in [0.2, 0.25) is 21.8 Å². The molecular weight excluding hydrogens is 566 g/mol. The van der Waals surface area contributed by atoms with Crippen LogP contribution in [0, 0.1) is 13.8 Å². The first-order valence-electron chi connectivity index (χ1n) is 13.4. The first kappa shape index (κ1) is 30.2. The number of nitrogens with zero attached hydrogens (tertiary/aromatic N) is 2. The first-order chi connectivity index (χ1) is 18.0. The Kier molecular flexibility index (Phi) is 10.8. The van der Waals surface area contributed by atoms with Gasteiger partial charge in [-0.15, -0.1) is 0 Å². The number of hydrogen-bond acceptors (Lipinski definition) is 4. The molecule has 1 unspecified atom stereocenters. The van der Waals surface area contributed by atoms with Crippen LogP contribution in [-0.2, 0) is 26.2 Å². The van der Waals surface area contributed by atoms with Crippen molar-refractivity contribution in [2.75, 3.05) is 17.1 Å². The van der Waals surface area contributed by atoms with Crippen LogP contribution in [0.1, 0.15) is 68.6 Å². The Hall–Kier alpha value is -2.39. The Morgan fingerprint density at radius 1 is 1.05 bits per heavy atom. The zero-order valence-corrected chi connectivity index (χ0v) is 25.3. The summed E-state index contributed by atoms with van der Waals surface area (Å²) < 4.78 is 27.6. The minimum absolute atomic E-state index is 0.133. The maximum Gasteiger partial charge on any atom is 0.242 e. The molecule has 38 heavy (non-hydrogen) atoms. The van der Waals surface area contributed by atoms with Crippen LogP contribution in [0.2, 0.25) is 0 Å². The standard InChI is InChI=1S/C29H40BrN3O4S/c1-21-10-8-13-27(22(21)2)33(38(4,36)37)19-9-14-28(34)32(20-24-15-17-25(30)18-16-24)23(3)29(35)31-26-11-6-5-7-12-26/h8,10,13,15-18,23,26H,5-7,9,11-12,14,19-20H2,1-4H3,(H,31,35). The van der Waals surface area contributed by atoms with Crippen molar-refractivity contribution in [3.05, 3.63) is 63.6 Å². The number of halogens is 1. The number of hydrogen-bond donors (Lipinski definition) is 1. The summed E-state index contributed by atoms with van der Waals surface area (Å²) in [6, 6.07) is 12.8. The molecule has 1 aliphatic carbocycles. The molecule has 1 aliphatic rings. The molecule has 0 aromatic heterocycles. The van der Waals surface area contributed by atoms with Gasteiger partial charge in [0.25, 0.3) is 0 Å². The van der Waals surface area contributed by atoms with Crippen LogP contribution in [0.15, 0.2) is 46.9 Å². The zero-order valence-electron chi connectivity index (χ0n) is 22.9. The number of rotatable bonds is 11. The zero-order chi connectivity index (χ0) is 27.9. The fourth-order valence-electron chi connectivity index (χ4n) is 4.93. The van der Waals surface area contributed by atoms with E-state index in [4.69, 9.17) is 0 Å². The van der Waals surface area contributed by atoms with Gasteiger partial charge in [0, 0.05) is 30.0 Å². The molecule has 0 aliphatic heterocycles. The van der Waals surface area contributed by atoms with Gasteiger partial charge in [0.05, 0.1) is 11.9 Å². The van der Waals surface area contributed by atoms with E-state index in [9.17, 15) is 18.0 Å². The highest BCUT2D eigenvalue weighted by atomic mass is 79.9. The topological polar surface area (TPSA) is 86.8 Å². The molecule has 208 valence electrons. The predicted octanol–water partition coefficient (Wildman–Crippen LogP) is 5.48. The smallest absolute Gasteiger partial charge is 0.242 e. The van der Waals surface area contributed by atoms with E-state index >= 15 is 0 Å². The van der Waals surface area contributed by atoms with E-state index in [0.717, 1.165) is 46.8 Å². The quantitative estimate of drug-likeness (QED) is 0.367. The average Bonchev–Trinajstić information content (AvgIpc) is 2.87. The third-order valence-corrected chi connectivity index (χ3v) is 9.09. The monoisotopic (exact) mass is 605 g/mol. The van der Waals surface area contributed by atoms with E-state index in [1.807, 2.05) is 50.2 Å². The summed E-state index contributed by atoms with van der Waals surface area (Å²) in [5.74, 6) is -0.316. The van der Waals surface area contributed by atoms with Gasteiger partial charge in [0.1, 0.15) is 6.04 Å². The molecule has 7 nitrogen and oxygen atoms in total. The third-order valence-electron chi connectivity index (χ3n) is 7.38. The van der Waals surface area contributed by atoms with Crippen molar-refractivity contribution in [3.8, 4) is 0 Å². The van der Waals surface area contributed by atoms with Crippen LogP contribution in [0.25, 0.3) is 0 Å². The minimum Gasteiger partial charge on any atom is -0.352 e. The van der Waals surface area contributed by atoms with E-state index in [1.165, 1.54) is 17.0 Å². The van der Waals surface area contributed by atoms with Gasteiger partial charge in [-0.3, -0.25) is 13.9 Å². The Labute approximate surface area is 236 Å². The van der Waals surface area contributed by atoms with Crippen LogP contribution in [0.4, 0.5) is 5.69 Å². The maximum absolute atomic E-state index is 13.5. The number of carbonyl (C=O) groups is 2. The molecule has 0 saturated heterocycles. The Morgan fingerprint density at radius 3 is 2.34 bits per heavy atom. The number of benzene rings is 2. The second kappa shape index (κ2) is 13.6. The van der Waals surface area contributed by atoms with Gasteiger partial charge in [-0.1, -0.05) is 59.5 Å². The molecule has 0 radical (unpaired) electrons. The number of carbonyl (C=O) groups excluding carboxylic acids is 2. The summed E-state index contributed by atoms with van der Waals surface area (Å²) in [4.78, 5) is 28.3. The SMILES string of the molecule is Cc1cccc(N(CCCC(=O)N(Cc2ccc(Br)cc2)C(C)C(=O)NC2CCCCC2)S(C)(=O)=O)c1C. The molecule has 1 fully saturated rings. The summed E-state index contributed by atoms with van der Waals surface area (Å²) in [5, 5.41) is 3.15. The van der Waals surface area contributed by atoms with Gasteiger partial charge in [-0.25, -0.2) is 8.42 Å². The van der Waals surface area contributed by atoms with E-state index in [1.54, 1.807) is 17.9 Å². The van der Waals surface area contributed by atoms with E-state index in [2.05, 4.69) is 21.2 Å². The lowest BCUT2D eigenvalue weighted by atomic mass is 9.95. The molecule has 0 bridgehead atoms. The second-order valence-electron chi connectivity index (χ2n) is 10.3. The van der Waals surface area contributed by atoms with Crippen molar-refractivity contribution >= 4 is 43.5 Å². The van der Waals surface area contributed by atoms with Gasteiger partial charge in [-0.2, -0.15) is 0 Å². The summed E-state index contributed by atoms with van der Waals surface area (Å²) in [6.45, 7) is 6.11. The summed E-state index contributed by atoms with van der Waals surface area (Å²) in [6.07, 6.45) is 7.02. The van der Waals surface area contributed by atoms with E-state index in [0.29, 0.717) is 18.7 Å². The molecule has 3 rings (SSSR count). The molecule has 2 aromatic rings. The number of anilines is 1. The number of aryl methyl sites for hydroxylation is 1. The van der Waals surface area contributed by atoms with Crippen molar-refractivity contribution in [2.24, 2.45) is 0 Å². The van der Waals surface area contributed by atoms with Crippen molar-refractivity contribution in [1.29, 1.82) is 0 Å². The number of amides is 2. The van der Waals surface area contributed by atoms with Gasteiger partial charge in [-0.05, 0) is 74.9 Å². The van der Waals surface area contributed by atoms with E-state index < -0.39 is 16.1 Å². The Balaban J connectivity index is 1.73. The van der Waals surface area contributed by atoms with Crippen molar-refractivity contribution in [3.63, 3.8) is 0 Å². The van der Waals surface area contributed by atoms with Crippen LogP contribution in [0.3, 0.4) is 0 Å². The first-order valence-corrected chi connectivity index (χ1v) is 16.0. The van der Waals surface area contributed by atoms with Crippen molar-refractivity contribution in [1.82, 2.24) is 10.2 Å². The normalized spacial score (nSPS) is 15.1. The molecule has 1 saturated carbocycles. The lowest BCUT2D eigenvalue weighted by molar-refractivity contribution is -0.141. The lowest BCUT2D eigenvalue weighted by Gasteiger charge is -2.31. The molecule has 0 spiro atoms. The lowest BCUT2D eigenvalue weighted by Crippen LogP contribution is -2.50. The largest absolute Gasteiger partial charge is 0.352 e. The molecular formula is C29H40BrN3O4S.